The van der Waals surface area contributed by atoms with E-state index in [1.54, 1.807) is 6.07 Å². The largest absolute Gasteiger partial charge is 0.479 e. The molecular weight excluding hydrogens is 266 g/mol. The van der Waals surface area contributed by atoms with Crippen LogP contribution in [0.1, 0.15) is 6.92 Å². The van der Waals surface area contributed by atoms with Gasteiger partial charge in [0, 0.05) is 56.4 Å². The fourth-order valence-electron chi connectivity index (χ4n) is 0.812. The summed E-state index contributed by atoms with van der Waals surface area (Å²) in [4.78, 5) is 10.5. The fourth-order valence-corrected chi connectivity index (χ4v) is 1.26. The van der Waals surface area contributed by atoms with E-state index in [0.29, 0.717) is 15.8 Å². The minimum Gasteiger partial charge on any atom is -0.479 e. The van der Waals surface area contributed by atoms with Gasteiger partial charge in [0.1, 0.15) is 5.75 Å². The predicted molar refractivity (Wildman–Crippen MR) is 59.9 cm³/mol. The van der Waals surface area contributed by atoms with Gasteiger partial charge in [-0.05, 0) is 25.1 Å². The van der Waals surface area contributed by atoms with Gasteiger partial charge in [-0.2, -0.15) is 0 Å². The number of benzene rings is 1. The Morgan fingerprint density at radius 1 is 1.47 bits per heavy atom. The number of halogens is 2. The van der Waals surface area contributed by atoms with E-state index in [4.69, 9.17) is 33.0 Å². The van der Waals surface area contributed by atoms with Gasteiger partial charge in [0.2, 0.25) is 0 Å². The van der Waals surface area contributed by atoms with Gasteiger partial charge in [-0.25, -0.2) is 4.79 Å². The van der Waals surface area contributed by atoms with Crippen LogP contribution in [-0.2, 0) is 4.79 Å². The molecule has 15 heavy (non-hydrogen) atoms. The number of carboxylic acid groups (broad SMARTS) is 1. The molecule has 3 nitrogen and oxygen atoms in total. The molecule has 77 valence electrons. The summed E-state index contributed by atoms with van der Waals surface area (Å²) >= 11 is 11.4. The topological polar surface area (TPSA) is 46.5 Å². The summed E-state index contributed by atoms with van der Waals surface area (Å²) in [6.07, 6.45) is -0.936. The smallest absolute Gasteiger partial charge is 0.344 e. The number of rotatable bonds is 3. The molecule has 0 saturated heterocycles. The predicted octanol–water partition coefficient (Wildman–Crippen LogP) is 2.46. The van der Waals surface area contributed by atoms with E-state index in [9.17, 15) is 4.79 Å². The van der Waals surface area contributed by atoms with Crippen LogP contribution < -0.4 is 4.74 Å². The van der Waals surface area contributed by atoms with Crippen LogP contribution >= 0.6 is 23.2 Å². The minimum absolute atomic E-state index is 0. The standard InChI is InChI=1S/C9H8Cl2O3.K/c1-5(9(12)13)14-8-3-2-6(10)4-7(8)11;/h2-5H,1H3,(H,12,13);. The third kappa shape index (κ3) is 5.04. The molecule has 1 aromatic carbocycles. The second kappa shape index (κ2) is 7.11. The number of carboxylic acids is 1. The molecular formula is C9H8Cl2KO3. The number of hydrogen-bond donors (Lipinski definition) is 1. The van der Waals surface area contributed by atoms with Crippen LogP contribution in [-0.4, -0.2) is 68.6 Å². The summed E-state index contributed by atoms with van der Waals surface area (Å²) in [5.74, 6) is -0.734. The van der Waals surface area contributed by atoms with Gasteiger partial charge in [-0.15, -0.1) is 0 Å². The first-order valence-electron chi connectivity index (χ1n) is 3.85. The van der Waals surface area contributed by atoms with Gasteiger partial charge in [-0.1, -0.05) is 23.2 Å². The van der Waals surface area contributed by atoms with Gasteiger partial charge in [0.25, 0.3) is 0 Å². The van der Waals surface area contributed by atoms with Crippen LogP contribution in [0.15, 0.2) is 18.2 Å². The van der Waals surface area contributed by atoms with Gasteiger partial charge < -0.3 is 9.84 Å². The van der Waals surface area contributed by atoms with E-state index in [0.717, 1.165) is 0 Å². The van der Waals surface area contributed by atoms with E-state index >= 15 is 0 Å². The molecule has 1 aromatic rings. The summed E-state index contributed by atoms with van der Waals surface area (Å²) in [5.41, 5.74) is 0. The Morgan fingerprint density at radius 3 is 2.53 bits per heavy atom. The average molecular weight is 274 g/mol. The molecule has 1 unspecified atom stereocenters. The molecule has 1 N–H and O–H groups in total. The number of hydrogen-bond acceptors (Lipinski definition) is 2. The van der Waals surface area contributed by atoms with Crippen LogP contribution in [0.4, 0.5) is 0 Å². The molecule has 0 heterocycles. The number of aliphatic carboxylic acids is 1. The Labute approximate surface area is 140 Å². The molecule has 6 heteroatoms. The van der Waals surface area contributed by atoms with Crippen molar-refractivity contribution in [3.8, 4) is 5.75 Å². The minimum atomic E-state index is -1.05. The molecule has 0 aliphatic heterocycles. The molecule has 0 fully saturated rings. The van der Waals surface area contributed by atoms with E-state index in [-0.39, 0.29) is 51.4 Å². The Kier molecular flexibility index (Phi) is 7.45. The summed E-state index contributed by atoms with van der Waals surface area (Å²) in [6.45, 7) is 1.42. The van der Waals surface area contributed by atoms with Crippen molar-refractivity contribution in [2.75, 3.05) is 0 Å². The third-order valence-corrected chi connectivity index (χ3v) is 2.08. The summed E-state index contributed by atoms with van der Waals surface area (Å²) in [5, 5.41) is 9.37. The first-order valence-corrected chi connectivity index (χ1v) is 4.61. The van der Waals surface area contributed by atoms with Gasteiger partial charge >= 0.3 is 5.97 Å². The molecule has 0 amide bonds. The Bertz CT molecular complexity index is 357. The molecule has 0 aromatic heterocycles. The van der Waals surface area contributed by atoms with E-state index in [1.807, 2.05) is 0 Å². The van der Waals surface area contributed by atoms with Crippen molar-refractivity contribution >= 4 is 80.6 Å². The second-order valence-corrected chi connectivity index (χ2v) is 3.52. The van der Waals surface area contributed by atoms with Gasteiger partial charge in [0.05, 0.1) is 5.02 Å². The zero-order valence-electron chi connectivity index (χ0n) is 8.33. The molecule has 0 spiro atoms. The maximum absolute atomic E-state index is 10.5. The summed E-state index contributed by atoms with van der Waals surface area (Å²) in [7, 11) is 0. The van der Waals surface area contributed by atoms with Crippen molar-refractivity contribution in [2.24, 2.45) is 0 Å². The Morgan fingerprint density at radius 2 is 2.07 bits per heavy atom. The molecule has 0 aliphatic carbocycles. The van der Waals surface area contributed by atoms with Crippen LogP contribution in [0, 0.1) is 0 Å². The summed E-state index contributed by atoms with van der Waals surface area (Å²) < 4.78 is 5.07. The Balaban J connectivity index is 0.00000196. The Hall–Kier alpha value is 0.706. The quantitative estimate of drug-likeness (QED) is 0.861. The maximum atomic E-state index is 10.5. The van der Waals surface area contributed by atoms with Crippen LogP contribution in [0.3, 0.4) is 0 Å². The third-order valence-electron chi connectivity index (χ3n) is 1.55. The van der Waals surface area contributed by atoms with E-state index in [1.165, 1.54) is 19.1 Å². The fraction of sp³-hybridized carbons (Fsp3) is 0.222. The van der Waals surface area contributed by atoms with Crippen LogP contribution in [0.2, 0.25) is 10.0 Å². The normalized spacial score (nSPS) is 11.4. The zero-order valence-corrected chi connectivity index (χ0v) is 13.0. The van der Waals surface area contributed by atoms with Crippen molar-refractivity contribution in [2.45, 2.75) is 13.0 Å². The number of carbonyl (C=O) groups is 1. The van der Waals surface area contributed by atoms with Crippen molar-refractivity contribution in [3.05, 3.63) is 28.2 Å². The summed E-state index contributed by atoms with van der Waals surface area (Å²) in [6, 6.07) is 4.61. The molecule has 1 atom stereocenters. The van der Waals surface area contributed by atoms with Gasteiger partial charge in [-0.3, -0.25) is 0 Å². The van der Waals surface area contributed by atoms with Crippen molar-refractivity contribution < 1.29 is 14.6 Å². The van der Waals surface area contributed by atoms with Gasteiger partial charge in [0.15, 0.2) is 6.10 Å². The average Bonchev–Trinajstić information content (AvgIpc) is 2.09. The van der Waals surface area contributed by atoms with E-state index in [2.05, 4.69) is 0 Å². The van der Waals surface area contributed by atoms with Crippen LogP contribution in [0.5, 0.6) is 5.75 Å². The molecule has 0 aliphatic rings. The second-order valence-electron chi connectivity index (χ2n) is 2.67. The first-order chi connectivity index (χ1) is 6.50. The van der Waals surface area contributed by atoms with Crippen molar-refractivity contribution in [1.29, 1.82) is 0 Å². The van der Waals surface area contributed by atoms with Crippen molar-refractivity contribution in [3.63, 3.8) is 0 Å². The zero-order chi connectivity index (χ0) is 10.7. The number of ether oxygens (including phenoxy) is 1. The molecule has 1 rings (SSSR count). The van der Waals surface area contributed by atoms with E-state index < -0.39 is 12.1 Å². The first kappa shape index (κ1) is 15.7. The SMILES string of the molecule is CC(Oc1ccc(Cl)cc1Cl)C(=O)O.[K]. The van der Waals surface area contributed by atoms with Crippen LogP contribution in [0.25, 0.3) is 0 Å². The molecule has 0 saturated carbocycles. The molecule has 0 bridgehead atoms. The monoisotopic (exact) mass is 273 g/mol. The molecule has 1 radical (unpaired) electrons. The maximum Gasteiger partial charge on any atom is 0.344 e. The van der Waals surface area contributed by atoms with Crippen molar-refractivity contribution in [1.82, 2.24) is 0 Å².